The molecule has 1 aromatic rings. The normalized spacial score (nSPS) is 10.5. The number of benzene rings is 1. The molecule has 0 aromatic heterocycles. The summed E-state index contributed by atoms with van der Waals surface area (Å²) in [5.41, 5.74) is 1.33. The first-order valence-corrected chi connectivity index (χ1v) is 3.51. The van der Waals surface area contributed by atoms with Crippen molar-refractivity contribution >= 4 is 0 Å². The smallest absolute Gasteiger partial charge is 0 e. The van der Waals surface area contributed by atoms with Crippen LogP contribution in [-0.2, 0) is 24.9 Å². The molecule has 0 atom stereocenters. The molecule has 0 amide bonds. The van der Waals surface area contributed by atoms with E-state index in [2.05, 4.69) is 32.9 Å². The third-order valence-electron chi connectivity index (χ3n) is 1.56. The van der Waals surface area contributed by atoms with Crippen LogP contribution in [-0.4, -0.2) is 0 Å². The second kappa shape index (κ2) is 4.02. The van der Waals surface area contributed by atoms with Crippen LogP contribution < -0.4 is 0 Å². The van der Waals surface area contributed by atoms with Gasteiger partial charge in [-0.05, 0) is 0 Å². The minimum Gasteiger partial charge on any atom is -0.333 e. The van der Waals surface area contributed by atoms with Gasteiger partial charge in [0.2, 0.25) is 0 Å². The maximum absolute atomic E-state index is 4.04. The van der Waals surface area contributed by atoms with Crippen molar-refractivity contribution in [2.24, 2.45) is 0 Å². The van der Waals surface area contributed by atoms with Crippen molar-refractivity contribution in [2.45, 2.75) is 19.3 Å². The third-order valence-corrected chi connectivity index (χ3v) is 1.56. The monoisotopic (exact) mass is 197 g/mol. The Morgan fingerprint density at radius 3 is 1.82 bits per heavy atom. The van der Waals surface area contributed by atoms with E-state index in [1.54, 1.807) is 0 Å². The SMILES string of the molecule is [CH2-]C(C)(C)c1ccccc1.[Zn]. The Bertz CT molecular complexity index is 196. The summed E-state index contributed by atoms with van der Waals surface area (Å²) in [7, 11) is 0. The second-order valence-electron chi connectivity index (χ2n) is 3.25. The summed E-state index contributed by atoms with van der Waals surface area (Å²) in [4.78, 5) is 0. The Kier molecular flexibility index (Phi) is 3.96. The van der Waals surface area contributed by atoms with E-state index in [0.717, 1.165) is 0 Å². The zero-order valence-electron chi connectivity index (χ0n) is 7.30. The van der Waals surface area contributed by atoms with E-state index >= 15 is 0 Å². The summed E-state index contributed by atoms with van der Waals surface area (Å²) in [6.07, 6.45) is 0. The first kappa shape index (κ1) is 10.8. The Morgan fingerprint density at radius 1 is 1.09 bits per heavy atom. The van der Waals surface area contributed by atoms with Crippen molar-refractivity contribution in [1.29, 1.82) is 0 Å². The molecule has 0 nitrogen and oxygen atoms in total. The molecule has 0 aliphatic carbocycles. The Balaban J connectivity index is 0.000001000. The quantitative estimate of drug-likeness (QED) is 0.481. The van der Waals surface area contributed by atoms with Gasteiger partial charge in [-0.15, -0.1) is 5.41 Å². The van der Waals surface area contributed by atoms with Gasteiger partial charge in [0.1, 0.15) is 0 Å². The fraction of sp³-hybridized carbons (Fsp3) is 0.300. The molecule has 0 saturated heterocycles. The van der Waals surface area contributed by atoms with Gasteiger partial charge in [0.15, 0.2) is 0 Å². The minimum absolute atomic E-state index is 0. The molecule has 0 bridgehead atoms. The van der Waals surface area contributed by atoms with Crippen molar-refractivity contribution in [3.05, 3.63) is 42.8 Å². The molecule has 0 aliphatic heterocycles. The topological polar surface area (TPSA) is 0 Å². The van der Waals surface area contributed by atoms with Crippen LogP contribution in [0.3, 0.4) is 0 Å². The first-order valence-electron chi connectivity index (χ1n) is 3.51. The summed E-state index contributed by atoms with van der Waals surface area (Å²) < 4.78 is 0. The van der Waals surface area contributed by atoms with Crippen LogP contribution in [0, 0.1) is 6.92 Å². The zero-order chi connectivity index (χ0) is 7.61. The maximum atomic E-state index is 4.04. The fourth-order valence-corrected chi connectivity index (χ4v) is 0.889. The molecular weight excluding hydrogens is 185 g/mol. The van der Waals surface area contributed by atoms with Crippen molar-refractivity contribution in [3.63, 3.8) is 0 Å². The molecule has 0 radical (unpaired) electrons. The summed E-state index contributed by atoms with van der Waals surface area (Å²) in [5, 5.41) is 0. The van der Waals surface area contributed by atoms with Crippen LogP contribution in [0.25, 0.3) is 0 Å². The predicted octanol–water partition coefficient (Wildman–Crippen LogP) is 2.80. The largest absolute Gasteiger partial charge is 0.333 e. The second-order valence-corrected chi connectivity index (χ2v) is 3.25. The Hall–Kier alpha value is -0.157. The van der Waals surface area contributed by atoms with Gasteiger partial charge in [0, 0.05) is 19.5 Å². The van der Waals surface area contributed by atoms with Gasteiger partial charge in [-0.3, -0.25) is 0 Å². The van der Waals surface area contributed by atoms with Gasteiger partial charge in [0.25, 0.3) is 0 Å². The van der Waals surface area contributed by atoms with Gasteiger partial charge in [-0.25, -0.2) is 0 Å². The summed E-state index contributed by atoms with van der Waals surface area (Å²) in [5.74, 6) is 0. The van der Waals surface area contributed by atoms with Crippen LogP contribution >= 0.6 is 0 Å². The van der Waals surface area contributed by atoms with E-state index in [-0.39, 0.29) is 24.9 Å². The molecule has 56 valence electrons. The van der Waals surface area contributed by atoms with Gasteiger partial charge in [-0.2, -0.15) is 0 Å². The fourth-order valence-electron chi connectivity index (χ4n) is 0.889. The zero-order valence-corrected chi connectivity index (χ0v) is 10.3. The number of hydrogen-bond donors (Lipinski definition) is 0. The predicted molar refractivity (Wildman–Crippen MR) is 44.8 cm³/mol. The molecule has 1 aromatic carbocycles. The Labute approximate surface area is 81.8 Å². The first-order chi connectivity index (χ1) is 4.61. The van der Waals surface area contributed by atoms with E-state index in [0.29, 0.717) is 0 Å². The van der Waals surface area contributed by atoms with Crippen LogP contribution in [0.2, 0.25) is 0 Å². The Morgan fingerprint density at radius 2 is 1.55 bits per heavy atom. The van der Waals surface area contributed by atoms with Crippen molar-refractivity contribution < 1.29 is 19.5 Å². The molecule has 0 N–H and O–H groups in total. The molecule has 0 saturated carbocycles. The van der Waals surface area contributed by atoms with E-state index in [1.807, 2.05) is 18.2 Å². The molecule has 0 fully saturated rings. The average molecular weight is 199 g/mol. The molecule has 0 spiro atoms. The van der Waals surface area contributed by atoms with Gasteiger partial charge in [0.05, 0.1) is 0 Å². The molecule has 0 aliphatic rings. The standard InChI is InChI=1S/C10H13.Zn/c1-10(2,3)9-7-5-4-6-8-9;/h4-8H,1H2,2-3H3;/q-1;. The average Bonchev–Trinajstić information content (AvgIpc) is 1.88. The molecule has 1 heteroatoms. The number of rotatable bonds is 1. The van der Waals surface area contributed by atoms with Crippen LogP contribution in [0.4, 0.5) is 0 Å². The van der Waals surface area contributed by atoms with Gasteiger partial charge in [-0.1, -0.05) is 49.7 Å². The summed E-state index contributed by atoms with van der Waals surface area (Å²) >= 11 is 0. The van der Waals surface area contributed by atoms with Crippen molar-refractivity contribution in [3.8, 4) is 0 Å². The molecule has 11 heavy (non-hydrogen) atoms. The van der Waals surface area contributed by atoms with E-state index in [1.165, 1.54) is 5.56 Å². The summed E-state index contributed by atoms with van der Waals surface area (Å²) in [6, 6.07) is 10.3. The van der Waals surface area contributed by atoms with Crippen LogP contribution in [0.5, 0.6) is 0 Å². The number of hydrogen-bond acceptors (Lipinski definition) is 0. The van der Waals surface area contributed by atoms with Crippen LogP contribution in [0.1, 0.15) is 19.4 Å². The van der Waals surface area contributed by atoms with Gasteiger partial charge < -0.3 is 6.92 Å². The van der Waals surface area contributed by atoms with Crippen molar-refractivity contribution in [1.82, 2.24) is 0 Å². The molecule has 0 unspecified atom stereocenters. The third kappa shape index (κ3) is 3.16. The molecular formula is C10H13Zn-. The molecule has 0 heterocycles. The van der Waals surface area contributed by atoms with E-state index in [4.69, 9.17) is 0 Å². The minimum atomic E-state index is 0. The van der Waals surface area contributed by atoms with Gasteiger partial charge >= 0.3 is 0 Å². The van der Waals surface area contributed by atoms with Crippen LogP contribution in [0.15, 0.2) is 30.3 Å². The summed E-state index contributed by atoms with van der Waals surface area (Å²) in [6.45, 7) is 8.27. The maximum Gasteiger partial charge on any atom is 0 e. The molecule has 1 rings (SSSR count). The van der Waals surface area contributed by atoms with E-state index in [9.17, 15) is 0 Å². The van der Waals surface area contributed by atoms with Crippen molar-refractivity contribution in [2.75, 3.05) is 0 Å². The van der Waals surface area contributed by atoms with E-state index < -0.39 is 0 Å².